The summed E-state index contributed by atoms with van der Waals surface area (Å²) in [6.07, 6.45) is 9.91. The average molecular weight is 645 g/mol. The van der Waals surface area contributed by atoms with Crippen LogP contribution in [0.2, 0.25) is 0 Å². The van der Waals surface area contributed by atoms with Crippen LogP contribution in [0.5, 0.6) is 0 Å². The molecule has 7 aromatic rings. The van der Waals surface area contributed by atoms with Crippen molar-refractivity contribution in [1.29, 1.82) is 0 Å². The Labute approximate surface area is 288 Å². The fourth-order valence-electron chi connectivity index (χ4n) is 10.0. The molecule has 0 N–H and O–H groups in total. The van der Waals surface area contributed by atoms with Gasteiger partial charge in [-0.1, -0.05) is 95.1 Å². The molecule has 1 aliphatic heterocycles. The van der Waals surface area contributed by atoms with Gasteiger partial charge in [0.2, 0.25) is 16.9 Å². The molecule has 9 rings (SSSR count). The van der Waals surface area contributed by atoms with Crippen molar-refractivity contribution in [3.63, 3.8) is 0 Å². The number of aryl methyl sites for hydroxylation is 2. The second kappa shape index (κ2) is 10.7. The van der Waals surface area contributed by atoms with Gasteiger partial charge in [0, 0.05) is 42.0 Å². The van der Waals surface area contributed by atoms with Gasteiger partial charge >= 0.3 is 0 Å². The molecule has 0 saturated carbocycles. The van der Waals surface area contributed by atoms with Crippen LogP contribution in [0.15, 0.2) is 97.3 Å². The molecule has 4 aromatic carbocycles. The molecule has 0 saturated heterocycles. The summed E-state index contributed by atoms with van der Waals surface area (Å²) in [7, 11) is 0. The molecule has 4 heterocycles. The van der Waals surface area contributed by atoms with E-state index in [4.69, 9.17) is 0 Å². The van der Waals surface area contributed by atoms with Crippen LogP contribution in [0, 0.1) is 12.7 Å². The van der Waals surface area contributed by atoms with E-state index in [0.29, 0.717) is 0 Å². The molecule has 2 nitrogen and oxygen atoms in total. The van der Waals surface area contributed by atoms with Gasteiger partial charge in [-0.2, -0.15) is 8.97 Å². The van der Waals surface area contributed by atoms with Gasteiger partial charge in [-0.25, -0.2) is 4.39 Å². The topological polar surface area (TPSA) is 7.98 Å². The van der Waals surface area contributed by atoms with Crippen LogP contribution in [0.4, 0.5) is 4.39 Å². The van der Waals surface area contributed by atoms with Crippen molar-refractivity contribution in [2.24, 2.45) is 0 Å². The van der Waals surface area contributed by atoms with Crippen LogP contribution in [-0.2, 0) is 17.4 Å². The summed E-state index contributed by atoms with van der Waals surface area (Å²) < 4.78 is 21.6. The van der Waals surface area contributed by atoms with Crippen molar-refractivity contribution >= 4 is 37.8 Å². The normalized spacial score (nSPS) is 17.0. The first-order valence-corrected chi connectivity index (χ1v) is 18.4. The first-order valence-electron chi connectivity index (χ1n) is 18.4. The third kappa shape index (κ3) is 3.93. The van der Waals surface area contributed by atoms with E-state index in [2.05, 4.69) is 142 Å². The van der Waals surface area contributed by atoms with Crippen molar-refractivity contribution in [1.82, 2.24) is 0 Å². The highest BCUT2D eigenvalue weighted by Crippen LogP contribution is 2.57. The van der Waals surface area contributed by atoms with Crippen molar-refractivity contribution in [2.75, 3.05) is 0 Å². The van der Waals surface area contributed by atoms with E-state index < -0.39 is 5.41 Å². The number of unbranched alkanes of at least 4 members (excludes halogenated alkanes) is 1. The molecular weight excluding hydrogens is 600 g/mol. The summed E-state index contributed by atoms with van der Waals surface area (Å²) in [4.78, 5) is 0. The summed E-state index contributed by atoms with van der Waals surface area (Å²) in [5.74, 6) is -0.114. The Morgan fingerprint density at radius 1 is 0.776 bits per heavy atom. The number of rotatable bonds is 6. The van der Waals surface area contributed by atoms with E-state index in [1.807, 2.05) is 0 Å². The summed E-state index contributed by atoms with van der Waals surface area (Å²) in [5, 5.41) is 7.65. The van der Waals surface area contributed by atoms with Crippen LogP contribution in [0.1, 0.15) is 99.7 Å². The predicted octanol–water partition coefficient (Wildman–Crippen LogP) is 10.9. The molecule has 1 atom stereocenters. The smallest absolute Gasteiger partial charge is 0.207 e. The minimum Gasteiger partial charge on any atom is -0.207 e. The van der Waals surface area contributed by atoms with Gasteiger partial charge in [-0.05, 0) is 70.8 Å². The first-order chi connectivity index (χ1) is 23.7. The van der Waals surface area contributed by atoms with Gasteiger partial charge in [-0.3, -0.25) is 0 Å². The lowest BCUT2D eigenvalue weighted by molar-refractivity contribution is -0.762. The van der Waals surface area contributed by atoms with Crippen LogP contribution >= 0.6 is 0 Å². The SMILES string of the molecule is CCCCc1ccc2c3c4[n+](ccc13)C(CC)(CC)C(c1cc3ccc(C)cc3c3c5ccccc5cc[n+]13)c1ccc(F)c(c1-4)C2(C)C. The number of fused-ring (bicyclic) bond motifs is 5. The standard InChI is InChI=1S/C46H45FN2/c1-7-10-13-29-18-20-36-39-32(29)23-25-49-44(39)40-34(19-21-37(47)42(40)45(36,5)6)41(46(49,8-2)9-3)38-27-31-17-16-28(4)26-35(31)43-33-15-12-11-14-30(33)22-24-48(38)43/h11-12,14-27,41H,7-10,13H2,1-6H3/q+2. The lowest BCUT2D eigenvalue weighted by atomic mass is 9.61. The monoisotopic (exact) mass is 644 g/mol. The van der Waals surface area contributed by atoms with Crippen LogP contribution in [0.3, 0.4) is 0 Å². The van der Waals surface area contributed by atoms with E-state index in [0.717, 1.165) is 43.2 Å². The number of pyridine rings is 3. The zero-order chi connectivity index (χ0) is 33.8. The first kappa shape index (κ1) is 30.4. The minimum absolute atomic E-state index is 0.00760. The molecular formula is C46H45FN2+2. The third-order valence-electron chi connectivity index (χ3n) is 12.5. The predicted molar refractivity (Wildman–Crippen MR) is 200 cm³/mol. The zero-order valence-corrected chi connectivity index (χ0v) is 29.6. The maximum atomic E-state index is 16.6. The Hall–Kier alpha value is -4.63. The lowest BCUT2D eigenvalue weighted by Gasteiger charge is -2.43. The lowest BCUT2D eigenvalue weighted by Crippen LogP contribution is -2.64. The van der Waals surface area contributed by atoms with Crippen molar-refractivity contribution in [3.05, 3.63) is 137 Å². The molecule has 3 heteroatoms. The van der Waals surface area contributed by atoms with Crippen LogP contribution in [-0.4, -0.2) is 0 Å². The van der Waals surface area contributed by atoms with E-state index >= 15 is 4.39 Å². The molecule has 1 unspecified atom stereocenters. The number of hydrogen-bond donors (Lipinski definition) is 0. The van der Waals surface area contributed by atoms with Gasteiger partial charge in [0.25, 0.3) is 0 Å². The molecule has 0 fully saturated rings. The van der Waals surface area contributed by atoms with E-state index in [1.165, 1.54) is 71.5 Å². The molecule has 3 aromatic heterocycles. The van der Waals surface area contributed by atoms with E-state index in [-0.39, 0.29) is 17.3 Å². The summed E-state index contributed by atoms with van der Waals surface area (Å²) >= 11 is 0. The quantitative estimate of drug-likeness (QED) is 0.126. The van der Waals surface area contributed by atoms with Crippen molar-refractivity contribution in [2.45, 2.75) is 90.5 Å². The highest BCUT2D eigenvalue weighted by molar-refractivity contribution is 6.08. The van der Waals surface area contributed by atoms with E-state index in [1.54, 1.807) is 6.07 Å². The molecule has 244 valence electrons. The number of nitrogens with zero attached hydrogens (tertiary/aromatic N) is 2. The highest BCUT2D eigenvalue weighted by Gasteiger charge is 2.58. The maximum Gasteiger partial charge on any atom is 0.226 e. The summed E-state index contributed by atoms with van der Waals surface area (Å²) in [5.41, 5.74) is 10.0. The summed E-state index contributed by atoms with van der Waals surface area (Å²) in [6.45, 7) is 13.6. The fraction of sp³-hybridized carbons (Fsp3) is 0.304. The van der Waals surface area contributed by atoms with Crippen molar-refractivity contribution in [3.8, 4) is 11.3 Å². The summed E-state index contributed by atoms with van der Waals surface area (Å²) in [6, 6.07) is 31.2. The van der Waals surface area contributed by atoms with Gasteiger partial charge in [0.05, 0.1) is 21.7 Å². The second-order valence-corrected chi connectivity index (χ2v) is 15.2. The van der Waals surface area contributed by atoms with E-state index in [9.17, 15) is 0 Å². The highest BCUT2D eigenvalue weighted by atomic mass is 19.1. The molecule has 0 spiro atoms. The number of aromatic nitrogens is 2. The Morgan fingerprint density at radius 3 is 2.39 bits per heavy atom. The van der Waals surface area contributed by atoms with Gasteiger partial charge in [-0.15, -0.1) is 0 Å². The van der Waals surface area contributed by atoms with Crippen molar-refractivity contribution < 1.29 is 13.4 Å². The maximum absolute atomic E-state index is 16.6. The van der Waals surface area contributed by atoms with Gasteiger partial charge < -0.3 is 0 Å². The minimum atomic E-state index is -0.488. The Bertz CT molecular complexity index is 2520. The molecule has 0 bridgehead atoms. The molecule has 0 amide bonds. The molecule has 2 aliphatic rings. The van der Waals surface area contributed by atoms with Gasteiger partial charge in [0.1, 0.15) is 11.7 Å². The average Bonchev–Trinajstić information content (AvgIpc) is 3.11. The van der Waals surface area contributed by atoms with Crippen LogP contribution < -0.4 is 8.97 Å². The Kier molecular flexibility index (Phi) is 6.63. The largest absolute Gasteiger partial charge is 0.226 e. The fourth-order valence-corrected chi connectivity index (χ4v) is 10.0. The Balaban J connectivity index is 1.47. The second-order valence-electron chi connectivity index (χ2n) is 15.2. The number of benzene rings is 4. The molecule has 49 heavy (non-hydrogen) atoms. The molecule has 1 aliphatic carbocycles. The zero-order valence-electron chi connectivity index (χ0n) is 29.6. The number of hydrogen-bond acceptors (Lipinski definition) is 0. The molecule has 0 radical (unpaired) electrons. The third-order valence-corrected chi connectivity index (χ3v) is 12.5. The number of halogens is 1. The Morgan fingerprint density at radius 2 is 1.59 bits per heavy atom. The van der Waals surface area contributed by atoms with Crippen LogP contribution in [0.25, 0.3) is 49.1 Å². The van der Waals surface area contributed by atoms with Gasteiger partial charge in [0.15, 0.2) is 17.9 Å².